The van der Waals surface area contributed by atoms with Crippen LogP contribution in [0.4, 0.5) is 0 Å². The van der Waals surface area contributed by atoms with Crippen LogP contribution in [0.1, 0.15) is 29.9 Å². The van der Waals surface area contributed by atoms with E-state index >= 15 is 0 Å². The predicted octanol–water partition coefficient (Wildman–Crippen LogP) is -0.357. The number of allylic oxidation sites excluding steroid dienone is 1. The Kier molecular flexibility index (Phi) is 15.3. The van der Waals surface area contributed by atoms with Crippen molar-refractivity contribution < 1.29 is 55.4 Å². The molecule has 0 fully saturated rings. The molecule has 1 aliphatic rings. The SMILES string of the molecule is C[Si](C)(C)OCCCC1[C-]=Cc2ccccc21.[Cl-].[Cl-].[Zr+4].c1cc[cH-]c1. The van der Waals surface area contributed by atoms with Crippen LogP contribution in [-0.2, 0) is 30.6 Å². The zero-order valence-electron chi connectivity index (χ0n) is 15.1. The summed E-state index contributed by atoms with van der Waals surface area (Å²) in [5.74, 6) is 0.483. The molecular weight excluding hydrogens is 446 g/mol. The van der Waals surface area contributed by atoms with Gasteiger partial charge in [-0.3, -0.25) is 6.08 Å². The van der Waals surface area contributed by atoms with Crippen molar-refractivity contribution in [1.82, 2.24) is 0 Å². The number of hydrogen-bond acceptors (Lipinski definition) is 1. The molecule has 134 valence electrons. The van der Waals surface area contributed by atoms with Gasteiger partial charge >= 0.3 is 26.2 Å². The summed E-state index contributed by atoms with van der Waals surface area (Å²) in [6.07, 6.45) is 7.85. The molecule has 0 saturated heterocycles. The van der Waals surface area contributed by atoms with E-state index in [0.29, 0.717) is 5.92 Å². The van der Waals surface area contributed by atoms with Crippen molar-refractivity contribution >= 4 is 14.4 Å². The van der Waals surface area contributed by atoms with Gasteiger partial charge in [0.15, 0.2) is 8.32 Å². The normalized spacial score (nSPS) is 14.1. The molecule has 2 aromatic carbocycles. The molecule has 1 atom stereocenters. The molecule has 1 nitrogen and oxygen atoms in total. The molecule has 1 aliphatic carbocycles. The van der Waals surface area contributed by atoms with Gasteiger partial charge in [-0.1, -0.05) is 30.5 Å². The second-order valence-corrected chi connectivity index (χ2v) is 11.1. The first kappa shape index (κ1) is 27.2. The maximum absolute atomic E-state index is 5.88. The van der Waals surface area contributed by atoms with E-state index in [1.165, 1.54) is 11.1 Å². The summed E-state index contributed by atoms with van der Waals surface area (Å²) in [5, 5.41) is 0. The van der Waals surface area contributed by atoms with Gasteiger partial charge in [0.25, 0.3) is 0 Å². The Bertz CT molecular complexity index is 562. The van der Waals surface area contributed by atoms with Gasteiger partial charge in [0.1, 0.15) is 0 Å². The molecule has 0 amide bonds. The molecule has 5 heteroatoms. The molecule has 0 aliphatic heterocycles. The van der Waals surface area contributed by atoms with Crippen LogP contribution in [0.2, 0.25) is 19.6 Å². The van der Waals surface area contributed by atoms with E-state index in [1.807, 2.05) is 30.3 Å². The fourth-order valence-electron chi connectivity index (χ4n) is 2.47. The van der Waals surface area contributed by atoms with E-state index in [9.17, 15) is 0 Å². The zero-order chi connectivity index (χ0) is 15.8. The summed E-state index contributed by atoms with van der Waals surface area (Å²) >= 11 is 0. The summed E-state index contributed by atoms with van der Waals surface area (Å²) in [6.45, 7) is 7.62. The Balaban J connectivity index is 0. The molecule has 0 aromatic heterocycles. The van der Waals surface area contributed by atoms with Crippen molar-refractivity contribution in [3.8, 4) is 0 Å². The van der Waals surface area contributed by atoms with E-state index in [-0.39, 0.29) is 51.0 Å². The largest absolute Gasteiger partial charge is 4.00 e. The minimum atomic E-state index is -1.33. The average Bonchev–Trinajstić information content (AvgIpc) is 3.16. The molecule has 25 heavy (non-hydrogen) atoms. The standard InChI is InChI=1S/C15H21OSi.C5H5.2ClH.Zr/c1-17(2,3)16-12-6-8-14-11-10-13-7-4-5-9-15(13)14;1-2-4-5-3-1;;;/h4-5,7,9-10,14H,6,8,12H2,1-3H3;1-5H;2*1H;/q2*-1;;;+4/p-2. The van der Waals surface area contributed by atoms with Crippen LogP contribution in [0.5, 0.6) is 0 Å². The minimum Gasteiger partial charge on any atom is -1.00 e. The van der Waals surface area contributed by atoms with Crippen LogP contribution in [0.25, 0.3) is 6.08 Å². The summed E-state index contributed by atoms with van der Waals surface area (Å²) < 4.78 is 5.88. The van der Waals surface area contributed by atoms with Gasteiger partial charge in [0.05, 0.1) is 0 Å². The van der Waals surface area contributed by atoms with Crippen molar-refractivity contribution in [2.24, 2.45) is 0 Å². The van der Waals surface area contributed by atoms with Crippen molar-refractivity contribution in [2.75, 3.05) is 6.61 Å². The van der Waals surface area contributed by atoms with Crippen LogP contribution in [0, 0.1) is 6.08 Å². The first-order valence-electron chi connectivity index (χ1n) is 8.05. The molecule has 3 rings (SSSR count). The Morgan fingerprint density at radius 2 is 1.68 bits per heavy atom. The van der Waals surface area contributed by atoms with E-state index < -0.39 is 8.32 Å². The van der Waals surface area contributed by atoms with Gasteiger partial charge < -0.3 is 29.2 Å². The number of benzene rings is 1. The van der Waals surface area contributed by atoms with Crippen LogP contribution >= 0.6 is 0 Å². The van der Waals surface area contributed by atoms with Crippen molar-refractivity contribution in [2.45, 2.75) is 38.4 Å². The van der Waals surface area contributed by atoms with E-state index in [2.05, 4.69) is 56.1 Å². The maximum Gasteiger partial charge on any atom is 4.00 e. The molecule has 0 heterocycles. The predicted molar refractivity (Wildman–Crippen MR) is 97.5 cm³/mol. The second-order valence-electron chi connectivity index (χ2n) is 6.56. The third-order valence-corrected chi connectivity index (χ3v) is 4.61. The molecule has 1 unspecified atom stereocenters. The van der Waals surface area contributed by atoms with E-state index in [0.717, 1.165) is 19.4 Å². The van der Waals surface area contributed by atoms with Crippen molar-refractivity contribution in [3.63, 3.8) is 0 Å². The van der Waals surface area contributed by atoms with Crippen LogP contribution in [0.3, 0.4) is 0 Å². The molecule has 0 N–H and O–H groups in total. The van der Waals surface area contributed by atoms with Gasteiger partial charge in [-0.2, -0.15) is 23.8 Å². The number of rotatable bonds is 5. The second kappa shape index (κ2) is 14.1. The first-order chi connectivity index (χ1) is 10.6. The van der Waals surface area contributed by atoms with E-state index in [1.54, 1.807) is 0 Å². The molecular formula is C20H26Cl2OSiZr. The van der Waals surface area contributed by atoms with Crippen molar-refractivity contribution in [1.29, 1.82) is 0 Å². The molecule has 0 radical (unpaired) electrons. The van der Waals surface area contributed by atoms with E-state index in [4.69, 9.17) is 4.43 Å². The number of fused-ring (bicyclic) bond motifs is 1. The molecule has 0 bridgehead atoms. The summed E-state index contributed by atoms with van der Waals surface area (Å²) in [7, 11) is -1.33. The monoisotopic (exact) mass is 470 g/mol. The third kappa shape index (κ3) is 10.6. The molecule has 0 spiro atoms. The zero-order valence-corrected chi connectivity index (χ0v) is 20.1. The number of hydrogen-bond donors (Lipinski definition) is 0. The molecule has 2 aromatic rings. The van der Waals surface area contributed by atoms with Crippen LogP contribution in [-0.4, -0.2) is 14.9 Å². The fourth-order valence-corrected chi connectivity index (χ4v) is 3.22. The summed E-state index contributed by atoms with van der Waals surface area (Å²) in [5.41, 5.74) is 2.77. The minimum absolute atomic E-state index is 0. The molecule has 0 saturated carbocycles. The Morgan fingerprint density at radius 3 is 2.24 bits per heavy atom. The first-order valence-corrected chi connectivity index (χ1v) is 11.5. The van der Waals surface area contributed by atoms with Crippen molar-refractivity contribution in [3.05, 3.63) is 71.8 Å². The Morgan fingerprint density at radius 1 is 1.04 bits per heavy atom. The Hall–Kier alpha value is -0.0500. The quantitative estimate of drug-likeness (QED) is 0.328. The van der Waals surface area contributed by atoms with Crippen LogP contribution in [0.15, 0.2) is 54.6 Å². The maximum atomic E-state index is 5.88. The smallest absolute Gasteiger partial charge is 1.00 e. The topological polar surface area (TPSA) is 9.23 Å². The third-order valence-electron chi connectivity index (χ3n) is 3.54. The van der Waals surface area contributed by atoms with Crippen LogP contribution < -0.4 is 24.8 Å². The number of halogens is 2. The van der Waals surface area contributed by atoms with Gasteiger partial charge in [0, 0.05) is 6.61 Å². The summed E-state index contributed by atoms with van der Waals surface area (Å²) in [6, 6.07) is 18.6. The van der Waals surface area contributed by atoms with Gasteiger partial charge in [0.2, 0.25) is 0 Å². The Labute approximate surface area is 185 Å². The summed E-state index contributed by atoms with van der Waals surface area (Å²) in [4.78, 5) is 0. The van der Waals surface area contributed by atoms with Gasteiger partial charge in [-0.25, -0.2) is 18.2 Å². The fraction of sp³-hybridized carbons (Fsp3) is 0.350. The van der Waals surface area contributed by atoms with Gasteiger partial charge in [-0.05, 0) is 26.1 Å². The van der Waals surface area contributed by atoms with Gasteiger partial charge in [-0.15, -0.1) is 11.6 Å². The average molecular weight is 473 g/mol.